The molecule has 2 rings (SSSR count). The summed E-state index contributed by atoms with van der Waals surface area (Å²) in [4.78, 5) is 24.4. The highest BCUT2D eigenvalue weighted by molar-refractivity contribution is 5.81. The van der Waals surface area contributed by atoms with Crippen LogP contribution in [0.2, 0.25) is 0 Å². The Bertz CT molecular complexity index is 521. The fourth-order valence-electron chi connectivity index (χ4n) is 2.20. The fraction of sp³-hybridized carbons (Fsp3) is 0.357. The molecule has 5 heteroatoms. The Morgan fingerprint density at radius 3 is 2.74 bits per heavy atom. The third-order valence-electron chi connectivity index (χ3n) is 3.03. The van der Waals surface area contributed by atoms with Crippen LogP contribution in [-0.2, 0) is 20.9 Å². The monoisotopic (exact) mass is 258 g/mol. The van der Waals surface area contributed by atoms with Gasteiger partial charge in [-0.1, -0.05) is 30.3 Å². The number of carbonyl (C=O) groups excluding carboxylic acids is 2. The van der Waals surface area contributed by atoms with Gasteiger partial charge in [-0.05, 0) is 5.56 Å². The molecule has 0 aliphatic carbocycles. The minimum atomic E-state index is -0.711. The van der Waals surface area contributed by atoms with E-state index in [1.54, 1.807) is 0 Å². The van der Waals surface area contributed by atoms with Crippen LogP contribution in [0.25, 0.3) is 0 Å². The van der Waals surface area contributed by atoms with Crippen molar-refractivity contribution in [1.82, 2.24) is 4.90 Å². The lowest BCUT2D eigenvalue weighted by Crippen LogP contribution is -2.36. The molecule has 1 aromatic carbocycles. The van der Waals surface area contributed by atoms with Crippen molar-refractivity contribution in [3.8, 4) is 6.07 Å². The molecule has 1 amide bonds. The van der Waals surface area contributed by atoms with E-state index < -0.39 is 18.1 Å². The maximum absolute atomic E-state index is 11.9. The van der Waals surface area contributed by atoms with Gasteiger partial charge in [0, 0.05) is 13.5 Å². The predicted molar refractivity (Wildman–Crippen MR) is 66.6 cm³/mol. The Morgan fingerprint density at radius 1 is 1.47 bits per heavy atom. The molecule has 2 atom stereocenters. The van der Waals surface area contributed by atoms with E-state index in [-0.39, 0.29) is 12.3 Å². The Morgan fingerprint density at radius 2 is 2.16 bits per heavy atom. The van der Waals surface area contributed by atoms with Crippen molar-refractivity contribution in [2.45, 2.75) is 32.0 Å². The average molecular weight is 258 g/mol. The van der Waals surface area contributed by atoms with E-state index in [9.17, 15) is 14.9 Å². The zero-order valence-electron chi connectivity index (χ0n) is 10.6. The van der Waals surface area contributed by atoms with E-state index in [1.807, 2.05) is 36.4 Å². The Hall–Kier alpha value is -2.35. The molecule has 0 spiro atoms. The highest BCUT2D eigenvalue weighted by atomic mass is 16.5. The van der Waals surface area contributed by atoms with Gasteiger partial charge in [0.1, 0.15) is 6.10 Å². The van der Waals surface area contributed by atoms with Gasteiger partial charge < -0.3 is 9.64 Å². The highest BCUT2D eigenvalue weighted by Crippen LogP contribution is 2.24. The molecule has 0 bridgehead atoms. The number of likely N-dealkylation sites (tertiary alicyclic amines) is 1. The molecule has 98 valence electrons. The topological polar surface area (TPSA) is 70.4 Å². The van der Waals surface area contributed by atoms with Crippen LogP contribution < -0.4 is 0 Å². The van der Waals surface area contributed by atoms with Gasteiger partial charge in [-0.2, -0.15) is 5.26 Å². The van der Waals surface area contributed by atoms with Gasteiger partial charge in [0.25, 0.3) is 0 Å². The first-order valence-corrected chi connectivity index (χ1v) is 6.02. The minimum Gasteiger partial charge on any atom is -0.459 e. The van der Waals surface area contributed by atoms with Gasteiger partial charge in [-0.15, -0.1) is 0 Å². The highest BCUT2D eigenvalue weighted by Gasteiger charge is 2.41. The standard InChI is InChI=1S/C14H14N2O3/c1-10(17)19-13-7-14(18)16(12(13)8-15)9-11-5-3-2-4-6-11/h2-6,12-13H,7,9H2,1H3/t12?,13-/m0/s1. The van der Waals surface area contributed by atoms with Crippen molar-refractivity contribution in [3.05, 3.63) is 35.9 Å². The van der Waals surface area contributed by atoms with Crippen LogP contribution in [0.1, 0.15) is 18.9 Å². The van der Waals surface area contributed by atoms with Crippen LogP contribution in [0.5, 0.6) is 0 Å². The Balaban J connectivity index is 2.14. The lowest BCUT2D eigenvalue weighted by molar-refractivity contribution is -0.146. The molecule has 19 heavy (non-hydrogen) atoms. The molecule has 5 nitrogen and oxygen atoms in total. The zero-order chi connectivity index (χ0) is 13.8. The number of rotatable bonds is 3. The van der Waals surface area contributed by atoms with Gasteiger partial charge >= 0.3 is 5.97 Å². The molecule has 1 aromatic rings. The maximum Gasteiger partial charge on any atom is 0.303 e. The van der Waals surface area contributed by atoms with Crippen molar-refractivity contribution in [3.63, 3.8) is 0 Å². The third-order valence-corrected chi connectivity index (χ3v) is 3.03. The lowest BCUT2D eigenvalue weighted by Gasteiger charge is -2.22. The van der Waals surface area contributed by atoms with E-state index in [4.69, 9.17) is 4.74 Å². The molecule has 0 saturated carbocycles. The normalized spacial score (nSPS) is 22.1. The number of esters is 1. The average Bonchev–Trinajstić information content (AvgIpc) is 2.66. The van der Waals surface area contributed by atoms with Gasteiger partial charge in [0.15, 0.2) is 6.04 Å². The van der Waals surface area contributed by atoms with Crippen molar-refractivity contribution in [1.29, 1.82) is 5.26 Å². The van der Waals surface area contributed by atoms with E-state index >= 15 is 0 Å². The van der Waals surface area contributed by atoms with Crippen molar-refractivity contribution in [2.75, 3.05) is 0 Å². The van der Waals surface area contributed by atoms with Crippen LogP contribution in [0.15, 0.2) is 30.3 Å². The number of ether oxygens (including phenoxy) is 1. The fourth-order valence-corrected chi connectivity index (χ4v) is 2.20. The molecule has 0 N–H and O–H groups in total. The van der Waals surface area contributed by atoms with E-state index in [2.05, 4.69) is 0 Å². The van der Waals surface area contributed by atoms with Gasteiger partial charge in [0.2, 0.25) is 5.91 Å². The van der Waals surface area contributed by atoms with E-state index in [0.29, 0.717) is 6.54 Å². The van der Waals surface area contributed by atoms with Crippen LogP contribution >= 0.6 is 0 Å². The number of hydrogen-bond donors (Lipinski definition) is 0. The summed E-state index contributed by atoms with van der Waals surface area (Å²) < 4.78 is 5.03. The molecule has 1 saturated heterocycles. The number of hydrogen-bond acceptors (Lipinski definition) is 4. The number of amides is 1. The molecular formula is C14H14N2O3. The molecule has 1 aliphatic heterocycles. The molecule has 1 unspecified atom stereocenters. The predicted octanol–water partition coefficient (Wildman–Crippen LogP) is 1.24. The lowest BCUT2D eigenvalue weighted by atomic mass is 10.1. The van der Waals surface area contributed by atoms with Crippen LogP contribution in [0.4, 0.5) is 0 Å². The van der Waals surface area contributed by atoms with Gasteiger partial charge in [0.05, 0.1) is 12.5 Å². The summed E-state index contributed by atoms with van der Waals surface area (Å²) in [7, 11) is 0. The SMILES string of the molecule is CC(=O)O[C@H]1CC(=O)N(Cc2ccccc2)C1C#N. The second-order valence-electron chi connectivity index (χ2n) is 4.43. The van der Waals surface area contributed by atoms with Crippen LogP contribution in [-0.4, -0.2) is 28.9 Å². The largest absolute Gasteiger partial charge is 0.459 e. The molecule has 0 radical (unpaired) electrons. The summed E-state index contributed by atoms with van der Waals surface area (Å²) in [5.41, 5.74) is 0.944. The molecule has 0 aromatic heterocycles. The van der Waals surface area contributed by atoms with E-state index in [1.165, 1.54) is 11.8 Å². The number of benzene rings is 1. The number of nitriles is 1. The minimum absolute atomic E-state index is 0.0740. The van der Waals surface area contributed by atoms with E-state index in [0.717, 1.165) is 5.56 Å². The summed E-state index contributed by atoms with van der Waals surface area (Å²) in [6.07, 6.45) is -0.594. The zero-order valence-corrected chi connectivity index (χ0v) is 10.6. The molecule has 1 fully saturated rings. The maximum atomic E-state index is 11.9. The summed E-state index contributed by atoms with van der Waals surface area (Å²) in [5, 5.41) is 9.18. The Labute approximate surface area is 111 Å². The van der Waals surface area contributed by atoms with Gasteiger partial charge in [-0.25, -0.2) is 0 Å². The number of nitrogens with zero attached hydrogens (tertiary/aromatic N) is 2. The van der Waals surface area contributed by atoms with Crippen molar-refractivity contribution in [2.24, 2.45) is 0 Å². The van der Waals surface area contributed by atoms with Crippen molar-refractivity contribution < 1.29 is 14.3 Å². The first-order valence-electron chi connectivity index (χ1n) is 6.02. The first-order chi connectivity index (χ1) is 9.11. The van der Waals surface area contributed by atoms with Crippen molar-refractivity contribution >= 4 is 11.9 Å². The summed E-state index contributed by atoms with van der Waals surface area (Å²) in [6.45, 7) is 1.63. The van der Waals surface area contributed by atoms with Gasteiger partial charge in [-0.3, -0.25) is 9.59 Å². The molecular weight excluding hydrogens is 244 g/mol. The summed E-state index contributed by atoms with van der Waals surface area (Å²) >= 11 is 0. The second kappa shape index (κ2) is 5.53. The summed E-state index contributed by atoms with van der Waals surface area (Å²) in [6, 6.07) is 10.8. The van der Waals surface area contributed by atoms with Crippen LogP contribution in [0, 0.1) is 11.3 Å². The van der Waals surface area contributed by atoms with Crippen LogP contribution in [0.3, 0.4) is 0 Å². The summed E-state index contributed by atoms with van der Waals surface area (Å²) in [5.74, 6) is -0.638. The third kappa shape index (κ3) is 2.91. The quantitative estimate of drug-likeness (QED) is 0.765. The Kier molecular flexibility index (Phi) is 3.81. The molecule has 1 aliphatic rings. The number of carbonyl (C=O) groups is 2. The molecule has 1 heterocycles. The second-order valence-corrected chi connectivity index (χ2v) is 4.43. The first kappa shape index (κ1) is 13.1. The smallest absolute Gasteiger partial charge is 0.303 e.